The highest BCUT2D eigenvalue weighted by atomic mass is 127. The number of pyridine rings is 1. The molecule has 0 saturated carbocycles. The van der Waals surface area contributed by atoms with Crippen molar-refractivity contribution in [2.45, 2.75) is 24.1 Å². The first-order chi connectivity index (χ1) is 16.6. The topological polar surface area (TPSA) is 121 Å². The summed E-state index contributed by atoms with van der Waals surface area (Å²) < 4.78 is 34.3. The van der Waals surface area contributed by atoms with Crippen molar-refractivity contribution in [3.63, 3.8) is 0 Å². The van der Waals surface area contributed by atoms with Crippen molar-refractivity contribution < 1.29 is 18.3 Å². The number of amides is 1. The molecule has 0 bridgehead atoms. The van der Waals surface area contributed by atoms with E-state index in [1.807, 2.05) is 22.6 Å². The summed E-state index contributed by atoms with van der Waals surface area (Å²) in [6, 6.07) is 10.4. The zero-order chi connectivity index (χ0) is 25.3. The third-order valence-electron chi connectivity index (χ3n) is 5.09. The monoisotopic (exact) mass is 662 g/mol. The van der Waals surface area contributed by atoms with Crippen LogP contribution in [0.2, 0.25) is 10.0 Å². The van der Waals surface area contributed by atoms with Crippen LogP contribution in [0.1, 0.15) is 28.9 Å². The fourth-order valence-electron chi connectivity index (χ4n) is 3.33. The predicted molar refractivity (Wildman–Crippen MR) is 146 cm³/mol. The lowest BCUT2D eigenvalue weighted by molar-refractivity contribution is 0.0853. The first kappa shape index (κ1) is 26.0. The lowest BCUT2D eigenvalue weighted by atomic mass is 10.0. The molecule has 13 heteroatoms. The second-order valence-electron chi connectivity index (χ2n) is 7.53. The number of hydrogen-bond donors (Lipinski definition) is 3. The normalized spacial score (nSPS) is 13.4. The van der Waals surface area contributed by atoms with E-state index in [1.54, 1.807) is 37.3 Å². The minimum absolute atomic E-state index is 0.0765. The number of halogens is 3. The predicted octanol–water partition coefficient (Wildman–Crippen LogP) is 5.26. The zero-order valence-electron chi connectivity index (χ0n) is 17.9. The molecule has 35 heavy (non-hydrogen) atoms. The molecule has 2 unspecified atom stereocenters. The number of rotatable bonds is 7. The van der Waals surface area contributed by atoms with Crippen molar-refractivity contribution in [1.82, 2.24) is 14.7 Å². The van der Waals surface area contributed by atoms with Gasteiger partial charge in [-0.25, -0.2) is 4.98 Å². The van der Waals surface area contributed by atoms with Crippen molar-refractivity contribution >= 4 is 89.0 Å². The highest BCUT2D eigenvalue weighted by Gasteiger charge is 2.25. The minimum atomic E-state index is -4.13. The van der Waals surface area contributed by atoms with Crippen LogP contribution in [0.4, 0.5) is 5.69 Å². The zero-order valence-corrected chi connectivity index (χ0v) is 23.2. The van der Waals surface area contributed by atoms with Gasteiger partial charge in [0.15, 0.2) is 5.03 Å². The number of aliphatic hydroxyl groups is 1. The van der Waals surface area contributed by atoms with Gasteiger partial charge >= 0.3 is 0 Å². The summed E-state index contributed by atoms with van der Waals surface area (Å²) in [5.74, 6) is -0.575. The highest BCUT2D eigenvalue weighted by molar-refractivity contribution is 14.1. The Morgan fingerprint density at radius 2 is 1.91 bits per heavy atom. The average molecular weight is 663 g/mol. The number of benzene rings is 2. The van der Waals surface area contributed by atoms with Gasteiger partial charge in [-0.05, 0) is 83.0 Å². The van der Waals surface area contributed by atoms with Crippen molar-refractivity contribution in [3.05, 3.63) is 79.6 Å². The lowest BCUT2D eigenvalue weighted by Gasteiger charge is -2.22. The highest BCUT2D eigenvalue weighted by Crippen LogP contribution is 2.29. The Bertz CT molecular complexity index is 1530. The van der Waals surface area contributed by atoms with Crippen molar-refractivity contribution in [1.29, 1.82) is 0 Å². The molecule has 2 atom stereocenters. The fraction of sp³-hybridized carbons (Fsp3) is 0.136. The van der Waals surface area contributed by atoms with Crippen LogP contribution in [-0.4, -0.2) is 34.8 Å². The summed E-state index contributed by atoms with van der Waals surface area (Å²) in [6.45, 7) is 1.62. The van der Waals surface area contributed by atoms with Gasteiger partial charge in [-0.15, -0.1) is 0 Å². The molecule has 3 N–H and O–H groups in total. The molecule has 4 rings (SSSR count). The van der Waals surface area contributed by atoms with Gasteiger partial charge in [-0.1, -0.05) is 29.3 Å². The number of nitrogens with one attached hydrogen (secondary N) is 2. The smallest absolute Gasteiger partial charge is 0.280 e. The Morgan fingerprint density at radius 3 is 2.66 bits per heavy atom. The third-order valence-corrected chi connectivity index (χ3v) is 8.59. The molecule has 8 nitrogen and oxygen atoms in total. The number of carbonyl (C=O) groups excluding carboxylic acids is 1. The molecule has 2 aromatic carbocycles. The SMILES string of the molecule is CC(NC(=O)c1ccc(I)cc1NS(=O)(=O)c1nccc2sncc12)C(O)c1ccc(Cl)c(Cl)c1. The Hall–Kier alpha value is -2.03. The van der Waals surface area contributed by atoms with Gasteiger partial charge < -0.3 is 10.4 Å². The first-order valence-corrected chi connectivity index (χ1v) is 14.1. The van der Waals surface area contributed by atoms with Crippen LogP contribution in [0.25, 0.3) is 10.1 Å². The molecule has 0 aliphatic heterocycles. The first-order valence-electron chi connectivity index (χ1n) is 10.0. The third kappa shape index (κ3) is 5.70. The molecule has 0 radical (unpaired) electrons. The van der Waals surface area contributed by atoms with E-state index in [1.165, 1.54) is 24.5 Å². The second kappa shape index (κ2) is 10.5. The fourth-order valence-corrected chi connectivity index (χ4v) is 6.04. The molecule has 0 fully saturated rings. The average Bonchev–Trinajstić information content (AvgIpc) is 3.29. The van der Waals surface area contributed by atoms with Crippen LogP contribution in [-0.2, 0) is 10.0 Å². The molecule has 0 saturated heterocycles. The van der Waals surface area contributed by atoms with Crippen LogP contribution in [0.5, 0.6) is 0 Å². The number of nitrogens with zero attached hydrogens (tertiary/aromatic N) is 2. The Labute approximate surface area is 229 Å². The van der Waals surface area contributed by atoms with Gasteiger partial charge in [0.25, 0.3) is 15.9 Å². The number of hydrogen-bond acceptors (Lipinski definition) is 7. The van der Waals surface area contributed by atoms with Gasteiger partial charge in [0.05, 0.1) is 49.7 Å². The number of aliphatic hydroxyl groups excluding tert-OH is 1. The number of sulfonamides is 1. The van der Waals surface area contributed by atoms with Gasteiger partial charge in [0.2, 0.25) is 0 Å². The van der Waals surface area contributed by atoms with E-state index < -0.39 is 28.1 Å². The van der Waals surface area contributed by atoms with E-state index >= 15 is 0 Å². The van der Waals surface area contributed by atoms with Gasteiger partial charge in [-0.3, -0.25) is 9.52 Å². The molecular weight excluding hydrogens is 646 g/mol. The van der Waals surface area contributed by atoms with Gasteiger partial charge in [0, 0.05) is 9.77 Å². The van der Waals surface area contributed by atoms with Crippen LogP contribution < -0.4 is 10.0 Å². The van der Waals surface area contributed by atoms with E-state index in [4.69, 9.17) is 23.2 Å². The summed E-state index contributed by atoms with van der Waals surface area (Å²) in [6.07, 6.45) is 1.75. The standard InChI is InChI=1S/C22H17Cl2IN4O4S2/c1-11(20(30)12-2-5-16(23)17(24)8-12)28-21(31)14-4-3-13(25)9-18(14)29-35(32,33)22-15-10-27-34-19(15)6-7-26-22/h2-11,20,29-30H,1H3,(H,28,31). The Balaban J connectivity index is 1.60. The second-order valence-corrected chi connectivity index (χ2v) is 12.0. The molecule has 2 aromatic heterocycles. The van der Waals surface area contributed by atoms with Crippen LogP contribution in [0.3, 0.4) is 0 Å². The van der Waals surface area contributed by atoms with Gasteiger partial charge in [0.1, 0.15) is 0 Å². The number of carbonyl (C=O) groups is 1. The summed E-state index contributed by atoms with van der Waals surface area (Å²) in [5.41, 5.74) is 0.629. The maximum atomic E-state index is 13.2. The van der Waals surface area contributed by atoms with E-state index in [0.29, 0.717) is 24.2 Å². The molecular formula is C22H17Cl2IN4O4S2. The Kier molecular flexibility index (Phi) is 7.83. The maximum absolute atomic E-state index is 13.2. The number of fused-ring (bicyclic) bond motifs is 1. The molecule has 0 spiro atoms. The maximum Gasteiger partial charge on any atom is 0.280 e. The molecule has 4 aromatic rings. The number of aromatic nitrogens is 2. The van der Waals surface area contributed by atoms with E-state index in [0.717, 1.165) is 11.5 Å². The quantitative estimate of drug-likeness (QED) is 0.232. The molecule has 182 valence electrons. The van der Waals surface area contributed by atoms with Crippen molar-refractivity contribution in [2.75, 3.05) is 4.72 Å². The van der Waals surface area contributed by atoms with E-state index in [-0.39, 0.29) is 21.3 Å². The summed E-state index contributed by atoms with van der Waals surface area (Å²) >= 11 is 15.1. The van der Waals surface area contributed by atoms with Crippen LogP contribution >= 0.6 is 57.3 Å². The molecule has 0 aliphatic carbocycles. The molecule has 1 amide bonds. The van der Waals surface area contributed by atoms with Crippen LogP contribution in [0, 0.1) is 3.57 Å². The molecule has 2 heterocycles. The molecule has 0 aliphatic rings. The minimum Gasteiger partial charge on any atom is -0.386 e. The van der Waals surface area contributed by atoms with E-state index in [2.05, 4.69) is 19.4 Å². The summed E-state index contributed by atoms with van der Waals surface area (Å²) in [4.78, 5) is 17.1. The van der Waals surface area contributed by atoms with Crippen molar-refractivity contribution in [3.8, 4) is 0 Å². The largest absolute Gasteiger partial charge is 0.386 e. The summed E-state index contributed by atoms with van der Waals surface area (Å²) in [5, 5.41) is 14.2. The van der Waals surface area contributed by atoms with Crippen LogP contribution in [0.15, 0.2) is 59.9 Å². The van der Waals surface area contributed by atoms with Gasteiger partial charge in [-0.2, -0.15) is 12.8 Å². The van der Waals surface area contributed by atoms with Crippen molar-refractivity contribution in [2.24, 2.45) is 0 Å². The Morgan fingerprint density at radius 1 is 1.14 bits per heavy atom. The van der Waals surface area contributed by atoms with E-state index in [9.17, 15) is 18.3 Å². The summed E-state index contributed by atoms with van der Waals surface area (Å²) in [7, 11) is -4.13. The lowest BCUT2D eigenvalue weighted by Crippen LogP contribution is -2.37. The number of anilines is 1.